The maximum absolute atomic E-state index is 12.2. The minimum absolute atomic E-state index is 0.0204. The van der Waals surface area contributed by atoms with Gasteiger partial charge >= 0.3 is 0 Å². The van der Waals surface area contributed by atoms with E-state index < -0.39 is 10.0 Å². The molecular weight excluding hydrogens is 262 g/mol. The number of hydrogen-bond acceptors (Lipinski definition) is 4. The van der Waals surface area contributed by atoms with Crippen molar-refractivity contribution in [1.82, 2.24) is 14.9 Å². The fourth-order valence-electron chi connectivity index (χ4n) is 2.31. The van der Waals surface area contributed by atoms with Gasteiger partial charge in [0.05, 0.1) is 4.90 Å². The van der Waals surface area contributed by atoms with Crippen LogP contribution in [0.2, 0.25) is 0 Å². The lowest BCUT2D eigenvalue weighted by molar-refractivity contribution is 0.407. The first kappa shape index (κ1) is 14.5. The quantitative estimate of drug-likeness (QED) is 0.820. The minimum Gasteiger partial charge on any atom is -0.316 e. The molecule has 0 aromatic heterocycles. The van der Waals surface area contributed by atoms with Crippen LogP contribution in [0.4, 0.5) is 0 Å². The minimum atomic E-state index is -3.40. The smallest absolute Gasteiger partial charge is 0.240 e. The first-order chi connectivity index (χ1) is 9.01. The van der Waals surface area contributed by atoms with Gasteiger partial charge in [-0.2, -0.15) is 0 Å². The van der Waals surface area contributed by atoms with Crippen molar-refractivity contribution in [2.45, 2.75) is 23.9 Å². The largest absolute Gasteiger partial charge is 0.316 e. The highest BCUT2D eigenvalue weighted by molar-refractivity contribution is 7.89. The Kier molecular flexibility index (Phi) is 4.57. The van der Waals surface area contributed by atoms with Gasteiger partial charge in [-0.05, 0) is 44.8 Å². The van der Waals surface area contributed by atoms with E-state index in [-0.39, 0.29) is 6.04 Å². The second-order valence-corrected chi connectivity index (χ2v) is 6.76. The van der Waals surface area contributed by atoms with E-state index >= 15 is 0 Å². The second kappa shape index (κ2) is 6.00. The van der Waals surface area contributed by atoms with E-state index in [0.717, 1.165) is 31.6 Å². The molecule has 1 unspecified atom stereocenters. The van der Waals surface area contributed by atoms with Gasteiger partial charge in [0, 0.05) is 19.1 Å². The van der Waals surface area contributed by atoms with E-state index in [1.165, 1.54) is 0 Å². The molecule has 1 aliphatic rings. The molecule has 0 spiro atoms. The molecule has 1 aromatic rings. The average molecular weight is 283 g/mol. The Labute approximate surface area is 115 Å². The van der Waals surface area contributed by atoms with Gasteiger partial charge in [0.2, 0.25) is 10.0 Å². The van der Waals surface area contributed by atoms with Crippen LogP contribution in [0.3, 0.4) is 0 Å². The van der Waals surface area contributed by atoms with Crippen molar-refractivity contribution in [3.63, 3.8) is 0 Å². The summed E-state index contributed by atoms with van der Waals surface area (Å²) in [5.74, 6) is 0. The first-order valence-electron chi connectivity index (χ1n) is 6.45. The van der Waals surface area contributed by atoms with Crippen LogP contribution < -0.4 is 10.0 Å². The van der Waals surface area contributed by atoms with Crippen molar-refractivity contribution in [3.8, 4) is 0 Å². The standard InChI is InChI=1S/C13H21N3O2S/c1-14-9-11-3-5-13(6-4-11)19(17,18)15-12-7-8-16(2)10-12/h3-6,12,14-15H,7-10H2,1-2H3. The molecular formula is C13H21N3O2S. The van der Waals surface area contributed by atoms with Gasteiger partial charge in [-0.15, -0.1) is 0 Å². The van der Waals surface area contributed by atoms with E-state index in [4.69, 9.17) is 0 Å². The van der Waals surface area contributed by atoms with Crippen molar-refractivity contribution in [3.05, 3.63) is 29.8 Å². The van der Waals surface area contributed by atoms with Crippen molar-refractivity contribution < 1.29 is 8.42 Å². The summed E-state index contributed by atoms with van der Waals surface area (Å²) in [7, 11) is 0.469. The molecule has 1 fully saturated rings. The van der Waals surface area contributed by atoms with Crippen LogP contribution in [0.5, 0.6) is 0 Å². The predicted molar refractivity (Wildman–Crippen MR) is 75.4 cm³/mol. The van der Waals surface area contributed by atoms with Crippen LogP contribution in [0, 0.1) is 0 Å². The highest BCUT2D eigenvalue weighted by Gasteiger charge is 2.25. The molecule has 0 amide bonds. The molecule has 19 heavy (non-hydrogen) atoms. The Bertz CT molecular complexity index is 513. The number of sulfonamides is 1. The Hall–Kier alpha value is -0.950. The van der Waals surface area contributed by atoms with E-state index in [1.54, 1.807) is 12.1 Å². The van der Waals surface area contributed by atoms with Gasteiger partial charge in [-0.25, -0.2) is 13.1 Å². The molecule has 0 aliphatic carbocycles. The normalized spacial score (nSPS) is 20.8. The van der Waals surface area contributed by atoms with Crippen LogP contribution in [0.25, 0.3) is 0 Å². The molecule has 0 saturated carbocycles. The number of likely N-dealkylation sites (tertiary alicyclic amines) is 1. The maximum atomic E-state index is 12.2. The molecule has 1 aliphatic heterocycles. The van der Waals surface area contributed by atoms with Crippen molar-refractivity contribution in [2.75, 3.05) is 27.2 Å². The number of rotatable bonds is 5. The Morgan fingerprint density at radius 2 is 2.00 bits per heavy atom. The van der Waals surface area contributed by atoms with E-state index in [0.29, 0.717) is 4.90 Å². The van der Waals surface area contributed by atoms with Crippen LogP contribution >= 0.6 is 0 Å². The summed E-state index contributed by atoms with van der Waals surface area (Å²) >= 11 is 0. The van der Waals surface area contributed by atoms with Crippen LogP contribution in [-0.2, 0) is 16.6 Å². The van der Waals surface area contributed by atoms with Crippen molar-refractivity contribution >= 4 is 10.0 Å². The lowest BCUT2D eigenvalue weighted by Gasteiger charge is -2.13. The van der Waals surface area contributed by atoms with Crippen molar-refractivity contribution in [1.29, 1.82) is 0 Å². The fraction of sp³-hybridized carbons (Fsp3) is 0.538. The molecule has 1 heterocycles. The maximum Gasteiger partial charge on any atom is 0.240 e. The Morgan fingerprint density at radius 3 is 2.53 bits per heavy atom. The molecule has 1 atom stereocenters. The second-order valence-electron chi connectivity index (χ2n) is 5.04. The molecule has 0 bridgehead atoms. The zero-order chi connectivity index (χ0) is 13.9. The van der Waals surface area contributed by atoms with E-state index in [2.05, 4.69) is 14.9 Å². The third-order valence-electron chi connectivity index (χ3n) is 3.33. The monoisotopic (exact) mass is 283 g/mol. The summed E-state index contributed by atoms with van der Waals surface area (Å²) in [6.45, 7) is 2.45. The molecule has 6 heteroatoms. The van der Waals surface area contributed by atoms with Crippen LogP contribution in [-0.4, -0.2) is 46.5 Å². The summed E-state index contributed by atoms with van der Waals surface area (Å²) in [4.78, 5) is 2.46. The highest BCUT2D eigenvalue weighted by Crippen LogP contribution is 2.14. The Morgan fingerprint density at radius 1 is 1.32 bits per heavy atom. The average Bonchev–Trinajstić information content (AvgIpc) is 2.75. The number of nitrogens with one attached hydrogen (secondary N) is 2. The summed E-state index contributed by atoms with van der Waals surface area (Å²) < 4.78 is 27.2. The zero-order valence-corrected chi connectivity index (χ0v) is 12.2. The number of likely N-dealkylation sites (N-methyl/N-ethyl adjacent to an activating group) is 1. The molecule has 1 saturated heterocycles. The number of hydrogen-bond donors (Lipinski definition) is 2. The zero-order valence-electron chi connectivity index (χ0n) is 11.4. The highest BCUT2D eigenvalue weighted by atomic mass is 32.2. The van der Waals surface area contributed by atoms with Crippen LogP contribution in [0.15, 0.2) is 29.2 Å². The van der Waals surface area contributed by atoms with Gasteiger partial charge in [-0.3, -0.25) is 0 Å². The third kappa shape index (κ3) is 3.76. The van der Waals surface area contributed by atoms with Gasteiger partial charge < -0.3 is 10.2 Å². The van der Waals surface area contributed by atoms with E-state index in [1.807, 2.05) is 26.2 Å². The SMILES string of the molecule is CNCc1ccc(S(=O)(=O)NC2CCN(C)C2)cc1. The molecule has 5 nitrogen and oxygen atoms in total. The fourth-order valence-corrected chi connectivity index (χ4v) is 3.57. The molecule has 0 radical (unpaired) electrons. The molecule has 106 valence electrons. The Balaban J connectivity index is 2.06. The van der Waals surface area contributed by atoms with E-state index in [9.17, 15) is 8.42 Å². The molecule has 2 N–H and O–H groups in total. The summed E-state index contributed by atoms with van der Waals surface area (Å²) in [5.41, 5.74) is 1.07. The van der Waals surface area contributed by atoms with Crippen LogP contribution in [0.1, 0.15) is 12.0 Å². The molecule has 1 aromatic carbocycles. The summed E-state index contributed by atoms with van der Waals surface area (Å²) in [6.07, 6.45) is 0.869. The summed E-state index contributed by atoms with van der Waals surface area (Å²) in [6, 6.07) is 7.02. The topological polar surface area (TPSA) is 61.4 Å². The van der Waals surface area contributed by atoms with Gasteiger partial charge in [0.1, 0.15) is 0 Å². The van der Waals surface area contributed by atoms with Gasteiger partial charge in [0.25, 0.3) is 0 Å². The molecule has 2 rings (SSSR count). The third-order valence-corrected chi connectivity index (χ3v) is 4.86. The first-order valence-corrected chi connectivity index (χ1v) is 7.94. The lowest BCUT2D eigenvalue weighted by atomic mass is 10.2. The lowest BCUT2D eigenvalue weighted by Crippen LogP contribution is -2.36. The predicted octanol–water partition coefficient (Wildman–Crippen LogP) is 0.388. The van der Waals surface area contributed by atoms with Gasteiger partial charge in [-0.1, -0.05) is 12.1 Å². The summed E-state index contributed by atoms with van der Waals surface area (Å²) in [5, 5.41) is 3.04. The van der Waals surface area contributed by atoms with Gasteiger partial charge in [0.15, 0.2) is 0 Å². The number of nitrogens with zero attached hydrogens (tertiary/aromatic N) is 1. The number of benzene rings is 1. The van der Waals surface area contributed by atoms with Crippen molar-refractivity contribution in [2.24, 2.45) is 0 Å².